The minimum absolute atomic E-state index is 0.172. The molecule has 0 spiro atoms. The van der Waals surface area contributed by atoms with E-state index in [1.807, 2.05) is 19.1 Å². The molecule has 0 radical (unpaired) electrons. The normalized spacial score (nSPS) is 17.3. The molecule has 0 aliphatic heterocycles. The number of halogens is 2. The molecule has 1 N–H and O–H groups in total. The highest BCUT2D eigenvalue weighted by molar-refractivity contribution is 6.32. The number of rotatable bonds is 2. The van der Waals surface area contributed by atoms with Crippen molar-refractivity contribution >= 4 is 17.3 Å². The Hall–Kier alpha value is -1.61. The van der Waals surface area contributed by atoms with Crippen molar-refractivity contribution in [1.82, 2.24) is 4.98 Å². The summed E-state index contributed by atoms with van der Waals surface area (Å²) in [6.45, 7) is 1.98. The van der Waals surface area contributed by atoms with Crippen LogP contribution < -0.4 is 5.32 Å². The summed E-state index contributed by atoms with van der Waals surface area (Å²) >= 11 is 6.09. The maximum atomic E-state index is 13.2. The Labute approximate surface area is 116 Å². The lowest BCUT2D eigenvalue weighted by Gasteiger charge is -2.16. The topological polar surface area (TPSA) is 24.9 Å². The van der Waals surface area contributed by atoms with E-state index in [1.165, 1.54) is 6.07 Å². The van der Waals surface area contributed by atoms with Crippen LogP contribution in [0, 0.1) is 12.7 Å². The van der Waals surface area contributed by atoms with Crippen molar-refractivity contribution in [2.75, 3.05) is 5.32 Å². The van der Waals surface area contributed by atoms with Crippen molar-refractivity contribution < 1.29 is 4.39 Å². The summed E-state index contributed by atoms with van der Waals surface area (Å²) in [5.41, 5.74) is 4.13. The van der Waals surface area contributed by atoms with Gasteiger partial charge in [0, 0.05) is 6.20 Å². The summed E-state index contributed by atoms with van der Waals surface area (Å²) in [5.74, 6) is -0.172. The molecule has 19 heavy (non-hydrogen) atoms. The number of benzene rings is 1. The smallest absolute Gasteiger partial charge is 0.152 e. The number of aryl methyl sites for hydroxylation is 2. The molecule has 0 fully saturated rings. The van der Waals surface area contributed by atoms with Crippen LogP contribution in [-0.4, -0.2) is 4.98 Å². The maximum absolute atomic E-state index is 13.2. The van der Waals surface area contributed by atoms with Gasteiger partial charge in [-0.25, -0.2) is 9.37 Å². The van der Waals surface area contributed by atoms with Crippen molar-refractivity contribution in [2.45, 2.75) is 25.8 Å². The van der Waals surface area contributed by atoms with Crippen molar-refractivity contribution in [3.8, 4) is 0 Å². The molecule has 1 atom stereocenters. The van der Waals surface area contributed by atoms with Crippen molar-refractivity contribution in [2.24, 2.45) is 0 Å². The molecule has 0 saturated heterocycles. The van der Waals surface area contributed by atoms with E-state index in [-0.39, 0.29) is 11.9 Å². The fourth-order valence-electron chi connectivity index (χ4n) is 2.58. The highest BCUT2D eigenvalue weighted by Crippen LogP contribution is 2.35. The van der Waals surface area contributed by atoms with Gasteiger partial charge in [-0.2, -0.15) is 0 Å². The zero-order valence-electron chi connectivity index (χ0n) is 10.6. The summed E-state index contributed by atoms with van der Waals surface area (Å²) in [6, 6.07) is 7.14. The number of hydrogen-bond donors (Lipinski definition) is 1. The first kappa shape index (κ1) is 12.4. The number of fused-ring (bicyclic) bond motifs is 1. The van der Waals surface area contributed by atoms with Gasteiger partial charge in [0.2, 0.25) is 0 Å². The van der Waals surface area contributed by atoms with E-state index < -0.39 is 0 Å². The molecule has 4 heteroatoms. The lowest BCUT2D eigenvalue weighted by atomic mass is 10.1. The van der Waals surface area contributed by atoms with E-state index in [1.54, 1.807) is 12.3 Å². The van der Waals surface area contributed by atoms with E-state index in [2.05, 4.69) is 10.3 Å². The van der Waals surface area contributed by atoms with Crippen LogP contribution in [0.5, 0.6) is 0 Å². The molecular formula is C15H14ClFN2. The Bertz CT molecular complexity index is 628. The average molecular weight is 277 g/mol. The van der Waals surface area contributed by atoms with Crippen LogP contribution in [0.1, 0.15) is 29.2 Å². The number of nitrogens with one attached hydrogen (secondary N) is 1. The zero-order valence-corrected chi connectivity index (χ0v) is 11.3. The predicted molar refractivity (Wildman–Crippen MR) is 75.1 cm³/mol. The quantitative estimate of drug-likeness (QED) is 0.828. The molecule has 1 aliphatic rings. The van der Waals surface area contributed by atoms with Crippen molar-refractivity contribution in [1.29, 1.82) is 0 Å². The van der Waals surface area contributed by atoms with E-state index in [9.17, 15) is 4.39 Å². The third kappa shape index (κ3) is 2.43. The van der Waals surface area contributed by atoms with E-state index in [0.29, 0.717) is 5.15 Å². The molecule has 2 aromatic rings. The number of aromatic nitrogens is 1. The summed E-state index contributed by atoms with van der Waals surface area (Å²) < 4.78 is 13.2. The second-order valence-corrected chi connectivity index (χ2v) is 5.29. The highest BCUT2D eigenvalue weighted by atomic mass is 35.5. The molecule has 2 nitrogen and oxygen atoms in total. The van der Waals surface area contributed by atoms with Gasteiger partial charge in [-0.05, 0) is 54.7 Å². The lowest BCUT2D eigenvalue weighted by molar-refractivity contribution is 0.626. The average Bonchev–Trinajstić information content (AvgIpc) is 2.76. The minimum atomic E-state index is -0.172. The Morgan fingerprint density at radius 1 is 1.37 bits per heavy atom. The Morgan fingerprint density at radius 3 is 3.05 bits per heavy atom. The monoisotopic (exact) mass is 276 g/mol. The van der Waals surface area contributed by atoms with Crippen molar-refractivity contribution in [3.63, 3.8) is 0 Å². The largest absolute Gasteiger partial charge is 0.376 e. The fraction of sp³-hybridized carbons (Fsp3) is 0.267. The summed E-state index contributed by atoms with van der Waals surface area (Å²) in [4.78, 5) is 4.13. The van der Waals surface area contributed by atoms with E-state index in [4.69, 9.17) is 11.6 Å². The Morgan fingerprint density at radius 2 is 2.21 bits per heavy atom. The molecule has 0 amide bonds. The molecule has 1 aromatic carbocycles. The van der Waals surface area contributed by atoms with E-state index in [0.717, 1.165) is 35.2 Å². The molecule has 3 rings (SSSR count). The number of nitrogens with zero attached hydrogens (tertiary/aromatic N) is 1. The first-order valence-electron chi connectivity index (χ1n) is 6.30. The summed E-state index contributed by atoms with van der Waals surface area (Å²) in [7, 11) is 0. The fourth-order valence-corrected chi connectivity index (χ4v) is 2.74. The third-order valence-corrected chi connectivity index (χ3v) is 3.79. The molecule has 1 aromatic heterocycles. The van der Waals surface area contributed by atoms with Gasteiger partial charge in [0.25, 0.3) is 0 Å². The summed E-state index contributed by atoms with van der Waals surface area (Å²) in [5, 5.41) is 3.88. The highest BCUT2D eigenvalue weighted by Gasteiger charge is 2.23. The number of pyridine rings is 1. The van der Waals surface area contributed by atoms with Crippen LogP contribution in [-0.2, 0) is 6.42 Å². The Kier molecular flexibility index (Phi) is 3.15. The van der Waals surface area contributed by atoms with Crippen LogP contribution in [0.25, 0.3) is 0 Å². The molecule has 1 aliphatic carbocycles. The molecule has 1 unspecified atom stereocenters. The van der Waals surface area contributed by atoms with Crippen molar-refractivity contribution in [3.05, 3.63) is 58.1 Å². The first-order chi connectivity index (χ1) is 9.13. The second-order valence-electron chi connectivity index (χ2n) is 4.93. The maximum Gasteiger partial charge on any atom is 0.152 e. The van der Waals surface area contributed by atoms with Gasteiger partial charge >= 0.3 is 0 Å². The number of anilines is 1. The van der Waals surface area contributed by atoms with Gasteiger partial charge in [-0.3, -0.25) is 0 Å². The van der Waals surface area contributed by atoms with Crippen LogP contribution in [0.4, 0.5) is 10.1 Å². The molecule has 98 valence electrons. The molecule has 0 saturated carbocycles. The minimum Gasteiger partial charge on any atom is -0.376 e. The van der Waals surface area contributed by atoms with Crippen LogP contribution in [0.15, 0.2) is 30.5 Å². The zero-order chi connectivity index (χ0) is 13.4. The van der Waals surface area contributed by atoms with Gasteiger partial charge in [0.1, 0.15) is 5.82 Å². The molecule has 0 bridgehead atoms. The van der Waals surface area contributed by atoms with Crippen LogP contribution in [0.3, 0.4) is 0 Å². The summed E-state index contributed by atoms with van der Waals surface area (Å²) in [6.07, 6.45) is 3.58. The number of hydrogen-bond acceptors (Lipinski definition) is 2. The first-order valence-corrected chi connectivity index (χ1v) is 6.68. The SMILES string of the molecule is Cc1cnc(Cl)c(NC2CCc3cc(F)ccc32)c1. The standard InChI is InChI=1S/C15H14ClFN2/c1-9-6-14(15(16)18-8-9)19-13-5-2-10-7-11(17)3-4-12(10)13/h3-4,6-8,13,19H,2,5H2,1H3. The van der Waals surface area contributed by atoms with Gasteiger partial charge in [0.05, 0.1) is 11.7 Å². The molecule has 1 heterocycles. The third-order valence-electron chi connectivity index (χ3n) is 3.49. The van der Waals surface area contributed by atoms with Gasteiger partial charge < -0.3 is 5.32 Å². The predicted octanol–water partition coefficient (Wildman–Crippen LogP) is 4.28. The second kappa shape index (κ2) is 4.82. The van der Waals surface area contributed by atoms with E-state index >= 15 is 0 Å². The Balaban J connectivity index is 1.88. The van der Waals surface area contributed by atoms with Crippen LogP contribution in [0.2, 0.25) is 5.15 Å². The van der Waals surface area contributed by atoms with Gasteiger partial charge in [-0.1, -0.05) is 17.7 Å². The molecular weight excluding hydrogens is 263 g/mol. The van der Waals surface area contributed by atoms with Gasteiger partial charge in [-0.15, -0.1) is 0 Å². The van der Waals surface area contributed by atoms with Gasteiger partial charge in [0.15, 0.2) is 5.15 Å². The lowest BCUT2D eigenvalue weighted by Crippen LogP contribution is -2.08. The van der Waals surface area contributed by atoms with Crippen LogP contribution >= 0.6 is 11.6 Å².